The summed E-state index contributed by atoms with van der Waals surface area (Å²) in [7, 11) is 1.69. The van der Waals surface area contributed by atoms with E-state index < -0.39 is 0 Å². The summed E-state index contributed by atoms with van der Waals surface area (Å²) in [6, 6.07) is -0.281. The van der Waals surface area contributed by atoms with Crippen molar-refractivity contribution in [2.75, 3.05) is 12.3 Å². The van der Waals surface area contributed by atoms with Crippen molar-refractivity contribution in [1.29, 1.82) is 0 Å². The molecule has 6 nitrogen and oxygen atoms in total. The molecule has 1 heterocycles. The Morgan fingerprint density at radius 2 is 2.17 bits per heavy atom. The maximum absolute atomic E-state index is 12.1. The third-order valence-electron chi connectivity index (χ3n) is 3.03. The second-order valence-electron chi connectivity index (χ2n) is 4.69. The van der Waals surface area contributed by atoms with Crippen LogP contribution in [0.2, 0.25) is 0 Å². The molecule has 1 amide bonds. The first kappa shape index (κ1) is 14.5. The van der Waals surface area contributed by atoms with Gasteiger partial charge in [-0.25, -0.2) is 0 Å². The highest BCUT2D eigenvalue weighted by Gasteiger charge is 2.22. The highest BCUT2D eigenvalue weighted by molar-refractivity contribution is 5.98. The molecule has 0 saturated heterocycles. The van der Waals surface area contributed by atoms with Crippen molar-refractivity contribution >= 4 is 11.6 Å². The first-order valence-electron chi connectivity index (χ1n) is 6.15. The summed E-state index contributed by atoms with van der Waals surface area (Å²) in [5.74, 6) is -0.144. The summed E-state index contributed by atoms with van der Waals surface area (Å²) in [5.41, 5.74) is 7.39. The average molecular weight is 254 g/mol. The summed E-state index contributed by atoms with van der Waals surface area (Å²) in [5, 5.41) is 16.2. The quantitative estimate of drug-likeness (QED) is 0.705. The van der Waals surface area contributed by atoms with Gasteiger partial charge in [0, 0.05) is 7.05 Å². The smallest absolute Gasteiger partial charge is 0.272 e. The maximum atomic E-state index is 12.1. The fourth-order valence-corrected chi connectivity index (χ4v) is 1.79. The number of nitrogens with one attached hydrogen (secondary N) is 1. The van der Waals surface area contributed by atoms with Crippen LogP contribution >= 0.6 is 0 Å². The number of carbonyl (C=O) groups excluding carboxylic acids is 1. The number of aromatic nitrogens is 2. The molecule has 18 heavy (non-hydrogen) atoms. The first-order valence-corrected chi connectivity index (χ1v) is 6.15. The minimum Gasteiger partial charge on any atom is -0.395 e. The molecule has 0 fully saturated rings. The molecule has 0 saturated carbocycles. The van der Waals surface area contributed by atoms with Crippen molar-refractivity contribution in [3.05, 3.63) is 11.4 Å². The summed E-state index contributed by atoms with van der Waals surface area (Å²) in [6.07, 6.45) is 0.681. The van der Waals surface area contributed by atoms with Gasteiger partial charge in [0.05, 0.1) is 24.0 Å². The number of amides is 1. The van der Waals surface area contributed by atoms with Crippen LogP contribution in [-0.4, -0.2) is 33.4 Å². The van der Waals surface area contributed by atoms with E-state index in [1.165, 1.54) is 4.68 Å². The van der Waals surface area contributed by atoms with Crippen molar-refractivity contribution in [3.8, 4) is 0 Å². The summed E-state index contributed by atoms with van der Waals surface area (Å²) in [6.45, 7) is 5.71. The Morgan fingerprint density at radius 1 is 1.56 bits per heavy atom. The molecule has 0 aromatic carbocycles. The Hall–Kier alpha value is -1.56. The number of nitrogens with zero attached hydrogens (tertiary/aromatic N) is 2. The third kappa shape index (κ3) is 2.81. The van der Waals surface area contributed by atoms with Gasteiger partial charge in [-0.2, -0.15) is 5.10 Å². The van der Waals surface area contributed by atoms with E-state index in [2.05, 4.69) is 10.4 Å². The van der Waals surface area contributed by atoms with Crippen LogP contribution in [0.5, 0.6) is 0 Å². The molecular formula is C12H22N4O2. The lowest BCUT2D eigenvalue weighted by molar-refractivity contribution is 0.0888. The molecule has 0 aliphatic heterocycles. The van der Waals surface area contributed by atoms with E-state index in [1.54, 1.807) is 7.05 Å². The minimum atomic E-state index is -0.296. The third-order valence-corrected chi connectivity index (χ3v) is 3.03. The largest absolute Gasteiger partial charge is 0.395 e. The molecule has 4 N–H and O–H groups in total. The molecule has 0 bridgehead atoms. The lowest BCUT2D eigenvalue weighted by atomic mass is 10.1. The summed E-state index contributed by atoms with van der Waals surface area (Å²) >= 11 is 0. The predicted octanol–water partition coefficient (Wildman–Crippen LogP) is 0.311. The zero-order chi connectivity index (χ0) is 13.9. The Bertz CT molecular complexity index is 426. The Balaban J connectivity index is 2.94. The lowest BCUT2D eigenvalue weighted by Crippen LogP contribution is -2.42. The van der Waals surface area contributed by atoms with Crippen LogP contribution in [0.1, 0.15) is 37.0 Å². The number of anilines is 1. The van der Waals surface area contributed by atoms with Gasteiger partial charge in [-0.3, -0.25) is 9.48 Å². The van der Waals surface area contributed by atoms with Gasteiger partial charge in [-0.05, 0) is 12.3 Å². The molecular weight excluding hydrogens is 232 g/mol. The normalized spacial score (nSPS) is 12.8. The van der Waals surface area contributed by atoms with Gasteiger partial charge < -0.3 is 16.2 Å². The van der Waals surface area contributed by atoms with Gasteiger partial charge in [-0.15, -0.1) is 0 Å². The maximum Gasteiger partial charge on any atom is 0.272 e. The standard InChI is InChI=1S/C12H22N4O2/c1-5-8-10(13)11(16(4)15-8)12(18)14-9(6-17)7(2)3/h7,9,17H,5-6,13H2,1-4H3,(H,14,18). The zero-order valence-corrected chi connectivity index (χ0v) is 11.4. The molecule has 1 aromatic heterocycles. The van der Waals surface area contributed by atoms with Crippen molar-refractivity contribution in [1.82, 2.24) is 15.1 Å². The van der Waals surface area contributed by atoms with Crippen molar-refractivity contribution < 1.29 is 9.90 Å². The van der Waals surface area contributed by atoms with Crippen molar-refractivity contribution in [3.63, 3.8) is 0 Å². The fourth-order valence-electron chi connectivity index (χ4n) is 1.79. The summed E-state index contributed by atoms with van der Waals surface area (Å²) < 4.78 is 1.48. The molecule has 0 aliphatic rings. The van der Waals surface area contributed by atoms with E-state index in [0.29, 0.717) is 23.5 Å². The number of nitrogen functional groups attached to an aromatic ring is 1. The van der Waals surface area contributed by atoms with Crippen molar-refractivity contribution in [2.45, 2.75) is 33.2 Å². The molecule has 1 rings (SSSR count). The van der Waals surface area contributed by atoms with E-state index in [9.17, 15) is 9.90 Å². The second kappa shape index (κ2) is 5.86. The summed E-state index contributed by atoms with van der Waals surface area (Å²) in [4.78, 5) is 12.1. The Kier molecular flexibility index (Phi) is 4.72. The highest BCUT2D eigenvalue weighted by Crippen LogP contribution is 2.17. The number of nitrogens with two attached hydrogens (primary N) is 1. The molecule has 6 heteroatoms. The topological polar surface area (TPSA) is 93.2 Å². The molecule has 0 aliphatic carbocycles. The van der Waals surface area contributed by atoms with E-state index >= 15 is 0 Å². The van der Waals surface area contributed by atoms with Crippen LogP contribution in [0.25, 0.3) is 0 Å². The minimum absolute atomic E-state index is 0.0954. The monoisotopic (exact) mass is 254 g/mol. The number of hydrogen-bond acceptors (Lipinski definition) is 4. The van der Waals surface area contributed by atoms with Gasteiger partial charge in [0.25, 0.3) is 5.91 Å². The van der Waals surface area contributed by atoms with Crippen molar-refractivity contribution in [2.24, 2.45) is 13.0 Å². The number of carbonyl (C=O) groups is 1. The highest BCUT2D eigenvalue weighted by atomic mass is 16.3. The first-order chi connectivity index (χ1) is 8.42. The lowest BCUT2D eigenvalue weighted by Gasteiger charge is -2.19. The molecule has 1 unspecified atom stereocenters. The number of aryl methyl sites for hydroxylation is 2. The van der Waals surface area contributed by atoms with Crippen LogP contribution in [0, 0.1) is 5.92 Å². The second-order valence-corrected chi connectivity index (χ2v) is 4.69. The predicted molar refractivity (Wildman–Crippen MR) is 70.2 cm³/mol. The van der Waals surface area contributed by atoms with E-state index in [-0.39, 0.29) is 24.5 Å². The molecule has 1 atom stereocenters. The number of hydrogen-bond donors (Lipinski definition) is 3. The SMILES string of the molecule is CCc1nn(C)c(C(=O)NC(CO)C(C)C)c1N. The molecule has 1 aromatic rings. The van der Waals surface area contributed by atoms with Crippen LogP contribution in [-0.2, 0) is 13.5 Å². The van der Waals surface area contributed by atoms with Gasteiger partial charge in [0.2, 0.25) is 0 Å². The number of aliphatic hydroxyl groups is 1. The Labute approximate surface area is 107 Å². The average Bonchev–Trinajstić information content (AvgIpc) is 2.60. The van der Waals surface area contributed by atoms with E-state index in [4.69, 9.17) is 5.73 Å². The molecule has 102 valence electrons. The van der Waals surface area contributed by atoms with Crippen LogP contribution < -0.4 is 11.1 Å². The van der Waals surface area contributed by atoms with E-state index in [1.807, 2.05) is 20.8 Å². The van der Waals surface area contributed by atoms with Gasteiger partial charge >= 0.3 is 0 Å². The van der Waals surface area contributed by atoms with Crippen LogP contribution in [0.3, 0.4) is 0 Å². The number of aliphatic hydroxyl groups excluding tert-OH is 1. The molecule has 0 spiro atoms. The van der Waals surface area contributed by atoms with E-state index in [0.717, 1.165) is 0 Å². The Morgan fingerprint density at radius 3 is 2.56 bits per heavy atom. The fraction of sp³-hybridized carbons (Fsp3) is 0.667. The van der Waals surface area contributed by atoms with Crippen LogP contribution in [0.15, 0.2) is 0 Å². The zero-order valence-electron chi connectivity index (χ0n) is 11.4. The molecule has 0 radical (unpaired) electrons. The van der Waals surface area contributed by atoms with Gasteiger partial charge in [0.1, 0.15) is 5.69 Å². The van der Waals surface area contributed by atoms with Gasteiger partial charge in [-0.1, -0.05) is 20.8 Å². The van der Waals surface area contributed by atoms with Gasteiger partial charge in [0.15, 0.2) is 0 Å². The van der Waals surface area contributed by atoms with Crippen LogP contribution in [0.4, 0.5) is 5.69 Å². The number of rotatable bonds is 5.